The highest BCUT2D eigenvalue weighted by Crippen LogP contribution is 2.21. The zero-order chi connectivity index (χ0) is 15.6. The number of nitrogens with zero attached hydrogens (tertiary/aromatic N) is 4. The summed E-state index contributed by atoms with van der Waals surface area (Å²) in [7, 11) is 0. The van der Waals surface area contributed by atoms with Crippen LogP contribution in [0, 0.1) is 5.92 Å². The minimum Gasteiger partial charge on any atom is -0.356 e. The number of aromatic amines is 1. The molecule has 0 amide bonds. The van der Waals surface area contributed by atoms with E-state index < -0.39 is 0 Å². The maximum Gasteiger partial charge on any atom is 0.128 e. The summed E-state index contributed by atoms with van der Waals surface area (Å²) >= 11 is 0. The van der Waals surface area contributed by atoms with Crippen LogP contribution in [0.15, 0.2) is 36.9 Å². The molecule has 4 heterocycles. The second-order valence-corrected chi connectivity index (χ2v) is 6.46. The van der Waals surface area contributed by atoms with Crippen molar-refractivity contribution in [3.05, 3.63) is 48.2 Å². The number of rotatable bonds is 4. The summed E-state index contributed by atoms with van der Waals surface area (Å²) in [6, 6.07) is 6.43. The van der Waals surface area contributed by atoms with E-state index in [0.717, 1.165) is 54.4 Å². The van der Waals surface area contributed by atoms with Crippen molar-refractivity contribution in [2.24, 2.45) is 5.92 Å². The predicted octanol–water partition coefficient (Wildman–Crippen LogP) is 2.98. The van der Waals surface area contributed by atoms with E-state index in [9.17, 15) is 0 Å². The molecule has 118 valence electrons. The highest BCUT2D eigenvalue weighted by molar-refractivity contribution is 5.73. The van der Waals surface area contributed by atoms with Crippen molar-refractivity contribution in [1.29, 1.82) is 0 Å². The van der Waals surface area contributed by atoms with E-state index in [1.54, 1.807) is 6.33 Å². The van der Waals surface area contributed by atoms with Gasteiger partial charge >= 0.3 is 0 Å². The average Bonchev–Trinajstić information content (AvgIpc) is 3.21. The van der Waals surface area contributed by atoms with Crippen LogP contribution in [0.1, 0.15) is 24.6 Å². The van der Waals surface area contributed by atoms with Gasteiger partial charge in [-0.15, -0.1) is 0 Å². The molecule has 5 heteroatoms. The molecule has 0 unspecified atom stereocenters. The Kier molecular flexibility index (Phi) is 3.69. The van der Waals surface area contributed by atoms with Crippen LogP contribution in [0.3, 0.4) is 0 Å². The van der Waals surface area contributed by atoms with Gasteiger partial charge in [0.05, 0.1) is 18.0 Å². The number of fused-ring (bicyclic) bond motifs is 1. The quantitative estimate of drug-likeness (QED) is 0.805. The summed E-state index contributed by atoms with van der Waals surface area (Å²) in [5.41, 5.74) is 4.30. The Morgan fingerprint density at radius 2 is 2.13 bits per heavy atom. The third kappa shape index (κ3) is 3.04. The first-order valence-electron chi connectivity index (χ1n) is 8.26. The van der Waals surface area contributed by atoms with Crippen LogP contribution in [0.5, 0.6) is 0 Å². The lowest BCUT2D eigenvalue weighted by atomic mass is 10.1. The molecule has 0 aromatic carbocycles. The van der Waals surface area contributed by atoms with Gasteiger partial charge in [0.2, 0.25) is 0 Å². The highest BCUT2D eigenvalue weighted by Gasteiger charge is 2.19. The van der Waals surface area contributed by atoms with E-state index in [2.05, 4.69) is 50.0 Å². The van der Waals surface area contributed by atoms with E-state index in [4.69, 9.17) is 0 Å². The fourth-order valence-electron chi connectivity index (χ4n) is 3.19. The molecule has 3 aromatic heterocycles. The van der Waals surface area contributed by atoms with Crippen molar-refractivity contribution in [3.63, 3.8) is 0 Å². The Morgan fingerprint density at radius 1 is 1.17 bits per heavy atom. The number of pyridine rings is 2. The summed E-state index contributed by atoms with van der Waals surface area (Å²) in [5.74, 6) is 1.88. The SMILES string of the molecule is C[C@H]1CCN(c2ccc(CCc3cc4[nH]cnc4cn3)cn2)C1. The summed E-state index contributed by atoms with van der Waals surface area (Å²) in [4.78, 5) is 18.8. The minimum absolute atomic E-state index is 0.778. The van der Waals surface area contributed by atoms with Gasteiger partial charge in [0.25, 0.3) is 0 Å². The van der Waals surface area contributed by atoms with Gasteiger partial charge in [0.1, 0.15) is 11.3 Å². The maximum atomic E-state index is 4.64. The largest absolute Gasteiger partial charge is 0.356 e. The third-order valence-corrected chi connectivity index (χ3v) is 4.59. The van der Waals surface area contributed by atoms with Gasteiger partial charge in [-0.1, -0.05) is 13.0 Å². The summed E-state index contributed by atoms with van der Waals surface area (Å²) in [6.45, 7) is 4.56. The first-order chi connectivity index (χ1) is 11.3. The van der Waals surface area contributed by atoms with Crippen LogP contribution in [0.4, 0.5) is 5.82 Å². The fraction of sp³-hybridized carbons (Fsp3) is 0.389. The molecular weight excluding hydrogens is 286 g/mol. The van der Waals surface area contributed by atoms with Gasteiger partial charge in [-0.3, -0.25) is 4.98 Å². The number of aryl methyl sites for hydroxylation is 2. The molecule has 0 spiro atoms. The lowest BCUT2D eigenvalue weighted by Crippen LogP contribution is -2.20. The van der Waals surface area contributed by atoms with E-state index in [1.807, 2.05) is 12.4 Å². The van der Waals surface area contributed by atoms with E-state index >= 15 is 0 Å². The van der Waals surface area contributed by atoms with Gasteiger partial charge in [-0.2, -0.15) is 0 Å². The van der Waals surface area contributed by atoms with Crippen LogP contribution in [0.2, 0.25) is 0 Å². The molecule has 1 aliphatic rings. The Labute approximate surface area is 135 Å². The standard InChI is InChI=1S/C18H21N5/c1-13-6-7-23(11-13)18-5-3-14(9-20-18)2-4-15-8-16-17(10-19-15)22-12-21-16/h3,5,8-10,12-13H,2,4,6-7,11H2,1H3,(H,21,22)/t13-/m0/s1. The summed E-state index contributed by atoms with van der Waals surface area (Å²) in [6.07, 6.45) is 8.68. The molecule has 0 radical (unpaired) electrons. The van der Waals surface area contributed by atoms with E-state index in [0.29, 0.717) is 0 Å². The first kappa shape index (κ1) is 14.2. The Hall–Kier alpha value is -2.43. The number of hydrogen-bond acceptors (Lipinski definition) is 4. The average molecular weight is 307 g/mol. The van der Waals surface area contributed by atoms with Crippen LogP contribution >= 0.6 is 0 Å². The fourth-order valence-corrected chi connectivity index (χ4v) is 3.19. The second kappa shape index (κ2) is 5.99. The molecule has 1 aliphatic heterocycles. The molecule has 0 saturated carbocycles. The minimum atomic E-state index is 0.778. The molecule has 1 N–H and O–H groups in total. The Bertz CT molecular complexity index is 793. The van der Waals surface area contributed by atoms with Gasteiger partial charge in [-0.05, 0) is 42.9 Å². The molecule has 0 bridgehead atoms. The van der Waals surface area contributed by atoms with Gasteiger partial charge in [0.15, 0.2) is 0 Å². The third-order valence-electron chi connectivity index (χ3n) is 4.59. The van der Waals surface area contributed by atoms with E-state index in [-0.39, 0.29) is 0 Å². The number of aromatic nitrogens is 4. The molecule has 5 nitrogen and oxygen atoms in total. The molecule has 1 saturated heterocycles. The van der Waals surface area contributed by atoms with Crippen molar-refractivity contribution in [2.75, 3.05) is 18.0 Å². The topological polar surface area (TPSA) is 57.7 Å². The molecule has 1 atom stereocenters. The number of anilines is 1. The molecular formula is C18H21N5. The molecule has 1 fully saturated rings. The van der Waals surface area contributed by atoms with Crippen molar-refractivity contribution >= 4 is 16.9 Å². The van der Waals surface area contributed by atoms with Crippen LogP contribution in [-0.4, -0.2) is 33.0 Å². The van der Waals surface area contributed by atoms with Crippen molar-refractivity contribution < 1.29 is 0 Å². The molecule has 3 aromatic rings. The number of H-pyrrole nitrogens is 1. The smallest absolute Gasteiger partial charge is 0.128 e. The summed E-state index contributed by atoms with van der Waals surface area (Å²) in [5, 5.41) is 0. The predicted molar refractivity (Wildman–Crippen MR) is 91.5 cm³/mol. The first-order valence-corrected chi connectivity index (χ1v) is 8.26. The second-order valence-electron chi connectivity index (χ2n) is 6.46. The zero-order valence-electron chi connectivity index (χ0n) is 13.4. The Balaban J connectivity index is 1.40. The van der Waals surface area contributed by atoms with Crippen LogP contribution in [-0.2, 0) is 12.8 Å². The van der Waals surface area contributed by atoms with E-state index in [1.165, 1.54) is 12.0 Å². The molecule has 4 rings (SSSR count). The molecule has 0 aliphatic carbocycles. The van der Waals surface area contributed by atoms with Gasteiger partial charge in [0, 0.05) is 25.0 Å². The highest BCUT2D eigenvalue weighted by atomic mass is 15.2. The lowest BCUT2D eigenvalue weighted by Gasteiger charge is -2.16. The zero-order valence-corrected chi connectivity index (χ0v) is 13.4. The summed E-state index contributed by atoms with van der Waals surface area (Å²) < 4.78 is 0. The lowest BCUT2D eigenvalue weighted by molar-refractivity contribution is 0.659. The van der Waals surface area contributed by atoms with Crippen molar-refractivity contribution in [2.45, 2.75) is 26.2 Å². The number of imidazole rings is 1. The van der Waals surface area contributed by atoms with Crippen LogP contribution < -0.4 is 4.90 Å². The van der Waals surface area contributed by atoms with Gasteiger partial charge in [-0.25, -0.2) is 9.97 Å². The van der Waals surface area contributed by atoms with Crippen molar-refractivity contribution in [3.8, 4) is 0 Å². The molecule has 23 heavy (non-hydrogen) atoms. The normalized spacial score (nSPS) is 18.0. The van der Waals surface area contributed by atoms with Crippen molar-refractivity contribution in [1.82, 2.24) is 19.9 Å². The van der Waals surface area contributed by atoms with Crippen LogP contribution in [0.25, 0.3) is 11.0 Å². The number of nitrogens with one attached hydrogen (secondary N) is 1. The monoisotopic (exact) mass is 307 g/mol. The number of hydrogen-bond donors (Lipinski definition) is 1. The maximum absolute atomic E-state index is 4.64. The van der Waals surface area contributed by atoms with Gasteiger partial charge < -0.3 is 9.88 Å². The Morgan fingerprint density at radius 3 is 2.91 bits per heavy atom.